The van der Waals surface area contributed by atoms with Crippen LogP contribution in [0.2, 0.25) is 0 Å². The van der Waals surface area contributed by atoms with Crippen LogP contribution in [0.15, 0.2) is 12.3 Å². The van der Waals surface area contributed by atoms with Crippen LogP contribution in [-0.2, 0) is 0 Å². The molecule has 0 amide bonds. The van der Waals surface area contributed by atoms with E-state index in [0.29, 0.717) is 11.1 Å². The lowest BCUT2D eigenvalue weighted by Gasteiger charge is -2.11. The van der Waals surface area contributed by atoms with E-state index in [-0.39, 0.29) is 11.3 Å². The largest absolute Gasteiger partial charge is 0.478 e. The van der Waals surface area contributed by atoms with E-state index in [2.05, 4.69) is 17.2 Å². The molecule has 6 heteroatoms. The van der Waals surface area contributed by atoms with Crippen LogP contribution in [0, 0.1) is 0 Å². The molecule has 0 saturated carbocycles. The van der Waals surface area contributed by atoms with Gasteiger partial charge in [-0.1, -0.05) is 6.92 Å². The molecule has 0 aliphatic carbocycles. The summed E-state index contributed by atoms with van der Waals surface area (Å²) in [4.78, 5) is 14.8. The first-order chi connectivity index (χ1) is 7.54. The number of nitrogens with zero attached hydrogens (tertiary/aromatic N) is 1. The maximum absolute atomic E-state index is 10.8. The number of thioether (sulfide) groups is 1. The number of carbonyl (C=O) groups is 1. The van der Waals surface area contributed by atoms with Crippen LogP contribution in [-0.4, -0.2) is 34.1 Å². The summed E-state index contributed by atoms with van der Waals surface area (Å²) in [5, 5.41) is 12.4. The molecular weight excluding hydrogens is 226 g/mol. The minimum atomic E-state index is -1.04. The molecule has 5 nitrogen and oxygen atoms in total. The third kappa shape index (κ3) is 3.30. The highest BCUT2D eigenvalue weighted by atomic mass is 32.2. The third-order valence-electron chi connectivity index (χ3n) is 2.14. The quantitative estimate of drug-likeness (QED) is 0.724. The highest BCUT2D eigenvalue weighted by molar-refractivity contribution is 7.99. The van der Waals surface area contributed by atoms with E-state index in [1.165, 1.54) is 12.3 Å². The first-order valence-electron chi connectivity index (χ1n) is 4.80. The predicted molar refractivity (Wildman–Crippen MR) is 67.1 cm³/mol. The van der Waals surface area contributed by atoms with Crippen molar-refractivity contribution in [2.24, 2.45) is 0 Å². The zero-order chi connectivity index (χ0) is 12.1. The van der Waals surface area contributed by atoms with Crippen LogP contribution in [0.3, 0.4) is 0 Å². The first-order valence-corrected chi connectivity index (χ1v) is 6.09. The van der Waals surface area contributed by atoms with Crippen LogP contribution in [0.4, 0.5) is 11.5 Å². The minimum absolute atomic E-state index is 0.0781. The number of carboxylic acid groups (broad SMARTS) is 1. The van der Waals surface area contributed by atoms with Crippen molar-refractivity contribution in [1.29, 1.82) is 0 Å². The van der Waals surface area contributed by atoms with Crippen molar-refractivity contribution in [3.63, 3.8) is 0 Å². The molecule has 1 rings (SSSR count). The zero-order valence-electron chi connectivity index (χ0n) is 9.23. The Kier molecular flexibility index (Phi) is 4.42. The number of hydrogen-bond donors (Lipinski definition) is 3. The predicted octanol–water partition coefficient (Wildman–Crippen LogP) is 1.53. The number of carboxylic acids is 1. The number of aromatic carboxylic acids is 1. The molecule has 88 valence electrons. The van der Waals surface area contributed by atoms with Gasteiger partial charge in [-0.05, 0) is 12.3 Å². The van der Waals surface area contributed by atoms with E-state index >= 15 is 0 Å². The van der Waals surface area contributed by atoms with Crippen molar-refractivity contribution in [3.8, 4) is 0 Å². The van der Waals surface area contributed by atoms with Gasteiger partial charge in [-0.15, -0.1) is 0 Å². The van der Waals surface area contributed by atoms with Crippen LogP contribution >= 0.6 is 11.8 Å². The van der Waals surface area contributed by atoms with Gasteiger partial charge in [0.15, 0.2) is 0 Å². The second-order valence-electron chi connectivity index (χ2n) is 3.39. The standard InChI is InChI=1S/C10H15N3O2S/c1-6(16-2)4-12-9-3-7(10(14)15)8(11)5-13-9/h3,5-6H,4,11H2,1-2H3,(H,12,13)(H,14,15). The molecule has 1 heterocycles. The number of hydrogen-bond acceptors (Lipinski definition) is 5. The van der Waals surface area contributed by atoms with Gasteiger partial charge >= 0.3 is 5.97 Å². The number of nitrogens with one attached hydrogen (secondary N) is 1. The topological polar surface area (TPSA) is 88.2 Å². The zero-order valence-corrected chi connectivity index (χ0v) is 10.0. The van der Waals surface area contributed by atoms with Gasteiger partial charge in [-0.2, -0.15) is 11.8 Å². The second kappa shape index (κ2) is 5.60. The maximum atomic E-state index is 10.8. The Morgan fingerprint density at radius 1 is 1.75 bits per heavy atom. The number of anilines is 2. The summed E-state index contributed by atoms with van der Waals surface area (Å²) < 4.78 is 0. The lowest BCUT2D eigenvalue weighted by molar-refractivity contribution is 0.0698. The molecule has 0 aromatic carbocycles. The van der Waals surface area contributed by atoms with Gasteiger partial charge < -0.3 is 16.2 Å². The molecule has 0 saturated heterocycles. The minimum Gasteiger partial charge on any atom is -0.478 e. The van der Waals surface area contributed by atoms with Crippen LogP contribution < -0.4 is 11.1 Å². The van der Waals surface area contributed by atoms with Crippen molar-refractivity contribution >= 4 is 29.2 Å². The van der Waals surface area contributed by atoms with Crippen molar-refractivity contribution in [2.45, 2.75) is 12.2 Å². The molecular formula is C10H15N3O2S. The van der Waals surface area contributed by atoms with Crippen molar-refractivity contribution in [3.05, 3.63) is 17.8 Å². The van der Waals surface area contributed by atoms with Crippen LogP contribution in [0.25, 0.3) is 0 Å². The Morgan fingerprint density at radius 2 is 2.44 bits per heavy atom. The monoisotopic (exact) mass is 241 g/mol. The average Bonchev–Trinajstić information content (AvgIpc) is 2.27. The van der Waals surface area contributed by atoms with E-state index < -0.39 is 5.97 Å². The van der Waals surface area contributed by atoms with Crippen molar-refractivity contribution in [1.82, 2.24) is 4.98 Å². The molecule has 16 heavy (non-hydrogen) atoms. The Morgan fingerprint density at radius 3 is 3.00 bits per heavy atom. The van der Waals surface area contributed by atoms with Gasteiger partial charge in [0.25, 0.3) is 0 Å². The summed E-state index contributed by atoms with van der Waals surface area (Å²) >= 11 is 1.73. The van der Waals surface area contributed by atoms with Crippen LogP contribution in [0.5, 0.6) is 0 Å². The molecule has 1 aromatic rings. The molecule has 4 N–H and O–H groups in total. The normalized spacial score (nSPS) is 12.1. The summed E-state index contributed by atoms with van der Waals surface area (Å²) in [6.07, 6.45) is 3.38. The van der Waals surface area contributed by atoms with Gasteiger partial charge in [0, 0.05) is 11.8 Å². The van der Waals surface area contributed by atoms with Crippen molar-refractivity contribution in [2.75, 3.05) is 23.9 Å². The fourth-order valence-corrected chi connectivity index (χ4v) is 1.33. The number of pyridine rings is 1. The van der Waals surface area contributed by atoms with E-state index in [1.54, 1.807) is 11.8 Å². The highest BCUT2D eigenvalue weighted by Crippen LogP contribution is 2.15. The van der Waals surface area contributed by atoms with E-state index in [1.807, 2.05) is 6.26 Å². The summed E-state index contributed by atoms with van der Waals surface area (Å²) in [7, 11) is 0. The SMILES string of the molecule is CSC(C)CNc1cc(C(=O)O)c(N)cn1. The van der Waals surface area contributed by atoms with Gasteiger partial charge in [-0.25, -0.2) is 9.78 Å². The highest BCUT2D eigenvalue weighted by Gasteiger charge is 2.09. The molecule has 1 unspecified atom stereocenters. The Balaban J connectivity index is 2.75. The summed E-state index contributed by atoms with van der Waals surface area (Å²) in [6.45, 7) is 2.81. The van der Waals surface area contributed by atoms with Crippen molar-refractivity contribution < 1.29 is 9.90 Å². The van der Waals surface area contributed by atoms with E-state index in [4.69, 9.17) is 10.8 Å². The van der Waals surface area contributed by atoms with E-state index in [9.17, 15) is 4.79 Å². The summed E-state index contributed by atoms with van der Waals surface area (Å²) in [6, 6.07) is 1.45. The first kappa shape index (κ1) is 12.6. The van der Waals surface area contributed by atoms with Gasteiger partial charge in [-0.3, -0.25) is 0 Å². The maximum Gasteiger partial charge on any atom is 0.337 e. The Labute approximate surface area is 98.4 Å². The molecule has 0 radical (unpaired) electrons. The number of rotatable bonds is 5. The fourth-order valence-electron chi connectivity index (χ4n) is 1.08. The molecule has 0 spiro atoms. The Hall–Kier alpha value is -1.43. The van der Waals surface area contributed by atoms with Crippen LogP contribution in [0.1, 0.15) is 17.3 Å². The molecule has 1 aromatic heterocycles. The smallest absolute Gasteiger partial charge is 0.337 e. The third-order valence-corrected chi connectivity index (χ3v) is 3.11. The lowest BCUT2D eigenvalue weighted by atomic mass is 10.2. The summed E-state index contributed by atoms with van der Waals surface area (Å²) in [5.41, 5.74) is 5.75. The molecule has 0 aliphatic rings. The van der Waals surface area contributed by atoms with Gasteiger partial charge in [0.05, 0.1) is 17.4 Å². The second-order valence-corrected chi connectivity index (χ2v) is 4.67. The number of nitrogen functional groups attached to an aromatic ring is 1. The number of nitrogens with two attached hydrogens (primary N) is 1. The lowest BCUT2D eigenvalue weighted by Crippen LogP contribution is -2.14. The van der Waals surface area contributed by atoms with E-state index in [0.717, 1.165) is 6.54 Å². The average molecular weight is 241 g/mol. The molecule has 0 aliphatic heterocycles. The molecule has 1 atom stereocenters. The number of aromatic nitrogens is 1. The van der Waals surface area contributed by atoms with Gasteiger partial charge in [0.1, 0.15) is 5.82 Å². The summed E-state index contributed by atoms with van der Waals surface area (Å²) in [5.74, 6) is -0.506. The van der Waals surface area contributed by atoms with Gasteiger partial charge in [0.2, 0.25) is 0 Å². The molecule has 0 bridgehead atoms. The fraction of sp³-hybridized carbons (Fsp3) is 0.400. The molecule has 0 fully saturated rings. The Bertz CT molecular complexity index is 384.